The van der Waals surface area contributed by atoms with Crippen LogP contribution in [-0.4, -0.2) is 12.6 Å². The molecule has 0 heterocycles. The van der Waals surface area contributed by atoms with E-state index in [1.807, 2.05) is 0 Å². The molecule has 158 valence electrons. The van der Waals surface area contributed by atoms with E-state index in [0.717, 1.165) is 19.3 Å². The average molecular weight is 403 g/mol. The second kappa shape index (κ2) is 13.1. The molecule has 0 radical (unpaired) electrons. The van der Waals surface area contributed by atoms with Gasteiger partial charge in [0, 0.05) is 5.56 Å². The van der Waals surface area contributed by atoms with Gasteiger partial charge >= 0.3 is 5.97 Å². The second-order valence-electron chi connectivity index (χ2n) is 7.46. The zero-order valence-electron chi connectivity index (χ0n) is 17.4. The first kappa shape index (κ1) is 23.1. The third kappa shape index (κ3) is 7.60. The third-order valence-corrected chi connectivity index (χ3v) is 5.11. The van der Waals surface area contributed by atoms with Gasteiger partial charge in [-0.05, 0) is 24.6 Å². The number of hydrogen-bond acceptors (Lipinski definition) is 2. The molecule has 2 rings (SSSR count). The van der Waals surface area contributed by atoms with Crippen molar-refractivity contribution >= 4 is 5.97 Å². The van der Waals surface area contributed by atoms with Crippen LogP contribution in [0.5, 0.6) is 0 Å². The molecular weight excluding hydrogens is 370 g/mol. The van der Waals surface area contributed by atoms with Crippen LogP contribution in [0.4, 0.5) is 8.78 Å². The van der Waals surface area contributed by atoms with Gasteiger partial charge < -0.3 is 4.74 Å². The van der Waals surface area contributed by atoms with E-state index in [4.69, 9.17) is 4.74 Å². The molecule has 0 aromatic heterocycles. The number of esters is 1. The van der Waals surface area contributed by atoms with Crippen molar-refractivity contribution in [2.45, 2.75) is 71.1 Å². The molecule has 0 aliphatic carbocycles. The zero-order valence-corrected chi connectivity index (χ0v) is 17.4. The number of ether oxygens (including phenoxy) is 1. The zero-order chi connectivity index (χ0) is 20.9. The first-order valence-electron chi connectivity index (χ1n) is 10.9. The van der Waals surface area contributed by atoms with Gasteiger partial charge in [0.15, 0.2) is 0 Å². The fourth-order valence-corrected chi connectivity index (χ4v) is 3.47. The molecule has 0 spiro atoms. The average Bonchev–Trinajstić information content (AvgIpc) is 2.72. The number of carbonyl (C=O) groups excluding carboxylic acids is 1. The number of unbranched alkanes of at least 4 members (excludes halogenated alkanes) is 9. The van der Waals surface area contributed by atoms with E-state index < -0.39 is 17.6 Å². The Morgan fingerprint density at radius 3 is 1.93 bits per heavy atom. The summed E-state index contributed by atoms with van der Waals surface area (Å²) in [4.78, 5) is 12.5. The molecular formula is C25H32F2O2. The molecule has 0 atom stereocenters. The highest BCUT2D eigenvalue weighted by Gasteiger charge is 2.19. The highest BCUT2D eigenvalue weighted by atomic mass is 19.1. The lowest BCUT2D eigenvalue weighted by Crippen LogP contribution is -2.09. The Bertz CT molecular complexity index is 738. The van der Waals surface area contributed by atoms with Crippen LogP contribution in [0.3, 0.4) is 0 Å². The molecule has 4 heteroatoms. The predicted octanol–water partition coefficient (Wildman–Crippen LogP) is 7.71. The molecule has 2 aromatic carbocycles. The van der Waals surface area contributed by atoms with E-state index in [2.05, 4.69) is 6.92 Å². The molecule has 0 amide bonds. The SMILES string of the molecule is CCCCCCCCCCCCOC(=O)c1ccccc1-c1c(F)cccc1F. The number of benzene rings is 2. The standard InChI is InChI=1S/C25H32F2O2/c1-2-3-4-5-6-7-8-9-10-13-19-29-25(28)21-16-12-11-15-20(21)24-22(26)17-14-18-23(24)27/h11-12,14-18H,2-10,13,19H2,1H3. The van der Waals surface area contributed by atoms with E-state index in [1.165, 1.54) is 63.1 Å². The molecule has 2 nitrogen and oxygen atoms in total. The summed E-state index contributed by atoms with van der Waals surface area (Å²) in [6.07, 6.45) is 12.0. The minimum absolute atomic E-state index is 0.184. The Labute approximate surface area is 173 Å². The normalized spacial score (nSPS) is 10.9. The topological polar surface area (TPSA) is 26.3 Å². The molecule has 0 N–H and O–H groups in total. The Kier molecular flexibility index (Phi) is 10.4. The second-order valence-corrected chi connectivity index (χ2v) is 7.46. The molecule has 0 unspecified atom stereocenters. The minimum Gasteiger partial charge on any atom is -0.462 e. The fraction of sp³-hybridized carbons (Fsp3) is 0.480. The Hall–Kier alpha value is -2.23. The Balaban J connectivity index is 1.75. The molecule has 2 aromatic rings. The summed E-state index contributed by atoms with van der Waals surface area (Å²) in [6, 6.07) is 10.1. The number of carbonyl (C=O) groups is 1. The lowest BCUT2D eigenvalue weighted by molar-refractivity contribution is 0.0498. The first-order valence-corrected chi connectivity index (χ1v) is 10.9. The van der Waals surface area contributed by atoms with Crippen LogP contribution in [0.25, 0.3) is 11.1 Å². The van der Waals surface area contributed by atoms with E-state index in [1.54, 1.807) is 24.3 Å². The number of rotatable bonds is 13. The Morgan fingerprint density at radius 2 is 1.31 bits per heavy atom. The van der Waals surface area contributed by atoms with Gasteiger partial charge in [0.25, 0.3) is 0 Å². The van der Waals surface area contributed by atoms with Crippen LogP contribution in [0.1, 0.15) is 81.5 Å². The lowest BCUT2D eigenvalue weighted by Gasteiger charge is -2.11. The maximum atomic E-state index is 14.1. The van der Waals surface area contributed by atoms with Crippen molar-refractivity contribution in [1.29, 1.82) is 0 Å². The fourth-order valence-electron chi connectivity index (χ4n) is 3.47. The summed E-state index contributed by atoms with van der Waals surface area (Å²) >= 11 is 0. The van der Waals surface area contributed by atoms with Crippen molar-refractivity contribution in [2.24, 2.45) is 0 Å². The smallest absolute Gasteiger partial charge is 0.338 e. The Morgan fingerprint density at radius 1 is 0.759 bits per heavy atom. The first-order chi connectivity index (χ1) is 14.1. The van der Waals surface area contributed by atoms with Gasteiger partial charge in [-0.1, -0.05) is 89.0 Å². The molecule has 0 aliphatic heterocycles. The maximum absolute atomic E-state index is 14.1. The monoisotopic (exact) mass is 402 g/mol. The summed E-state index contributed by atoms with van der Waals surface area (Å²) in [5.74, 6) is -1.93. The van der Waals surface area contributed by atoms with Crippen molar-refractivity contribution in [2.75, 3.05) is 6.61 Å². The van der Waals surface area contributed by atoms with Gasteiger partial charge in [0.1, 0.15) is 11.6 Å². The van der Waals surface area contributed by atoms with Gasteiger partial charge in [-0.25, -0.2) is 13.6 Å². The number of hydrogen-bond donors (Lipinski definition) is 0. The van der Waals surface area contributed by atoms with E-state index >= 15 is 0 Å². The van der Waals surface area contributed by atoms with E-state index in [9.17, 15) is 13.6 Å². The van der Waals surface area contributed by atoms with Crippen molar-refractivity contribution in [3.05, 3.63) is 59.7 Å². The van der Waals surface area contributed by atoms with Gasteiger partial charge in [-0.3, -0.25) is 0 Å². The molecule has 0 saturated carbocycles. The summed E-state index contributed by atoms with van der Waals surface area (Å²) < 4.78 is 33.6. The number of halogens is 2. The van der Waals surface area contributed by atoms with Gasteiger partial charge in [0.2, 0.25) is 0 Å². The highest BCUT2D eigenvalue weighted by molar-refractivity contribution is 5.97. The summed E-state index contributed by atoms with van der Waals surface area (Å²) in [5.41, 5.74) is 0.207. The molecule has 0 saturated heterocycles. The van der Waals surface area contributed by atoms with Crippen molar-refractivity contribution in [3.63, 3.8) is 0 Å². The van der Waals surface area contributed by atoms with Crippen molar-refractivity contribution in [3.8, 4) is 11.1 Å². The highest BCUT2D eigenvalue weighted by Crippen LogP contribution is 2.29. The molecule has 0 bridgehead atoms. The van der Waals surface area contributed by atoms with Crippen LogP contribution in [0.15, 0.2) is 42.5 Å². The van der Waals surface area contributed by atoms with Gasteiger partial charge in [0.05, 0.1) is 17.7 Å². The predicted molar refractivity (Wildman–Crippen MR) is 114 cm³/mol. The molecule has 0 fully saturated rings. The van der Waals surface area contributed by atoms with Crippen LogP contribution in [0.2, 0.25) is 0 Å². The van der Waals surface area contributed by atoms with E-state index in [-0.39, 0.29) is 16.7 Å². The quantitative estimate of drug-likeness (QED) is 0.253. The molecule has 29 heavy (non-hydrogen) atoms. The van der Waals surface area contributed by atoms with Crippen LogP contribution < -0.4 is 0 Å². The maximum Gasteiger partial charge on any atom is 0.338 e. The van der Waals surface area contributed by atoms with Crippen LogP contribution >= 0.6 is 0 Å². The summed E-state index contributed by atoms with van der Waals surface area (Å²) in [6.45, 7) is 2.55. The largest absolute Gasteiger partial charge is 0.462 e. The van der Waals surface area contributed by atoms with Gasteiger partial charge in [-0.2, -0.15) is 0 Å². The molecule has 0 aliphatic rings. The van der Waals surface area contributed by atoms with Crippen molar-refractivity contribution < 1.29 is 18.3 Å². The summed E-state index contributed by atoms with van der Waals surface area (Å²) in [7, 11) is 0. The lowest BCUT2D eigenvalue weighted by atomic mass is 9.99. The van der Waals surface area contributed by atoms with Crippen LogP contribution in [-0.2, 0) is 4.74 Å². The minimum atomic E-state index is -0.694. The van der Waals surface area contributed by atoms with Gasteiger partial charge in [-0.15, -0.1) is 0 Å². The van der Waals surface area contributed by atoms with E-state index in [0.29, 0.717) is 6.61 Å². The third-order valence-electron chi connectivity index (χ3n) is 5.11. The van der Waals surface area contributed by atoms with Crippen LogP contribution in [0, 0.1) is 11.6 Å². The summed E-state index contributed by atoms with van der Waals surface area (Å²) in [5, 5.41) is 0. The van der Waals surface area contributed by atoms with Crippen molar-refractivity contribution in [1.82, 2.24) is 0 Å².